The third-order valence-electron chi connectivity index (χ3n) is 9.35. The van der Waals surface area contributed by atoms with Gasteiger partial charge in [0.1, 0.15) is 41.6 Å². The molecule has 2 aliphatic heterocycles. The molecule has 8 nitrogen and oxygen atoms in total. The van der Waals surface area contributed by atoms with E-state index in [4.69, 9.17) is 28.1 Å². The molecule has 0 bridgehead atoms. The van der Waals surface area contributed by atoms with Crippen LogP contribution in [0, 0.1) is 5.92 Å². The number of esters is 1. The fourth-order valence-electron chi connectivity index (χ4n) is 6.06. The smallest absolute Gasteiger partial charge is 0.347 e. The quantitative estimate of drug-likeness (QED) is 0.159. The van der Waals surface area contributed by atoms with Crippen LogP contribution in [0.15, 0.2) is 49.3 Å². The Morgan fingerprint density at radius 1 is 1.16 bits per heavy atom. The standard InChI is InChI=1S/C34H50O8Si/c1-10-17-38-25-19-24-20-26(39-32(36)28(24)27(35)21-25)18-23(11-2)30(37-7)31(42-43(8,9)33(4,5)6)29-22(3)40-34(41-29)15-13-12-14-16-34/h10-11,18-19,21-23,29-31,35H,1-2,12-17,20H2,3-9H3/b26-18-/t22-,23+,29+,30+,31+/m1/s1. The van der Waals surface area contributed by atoms with E-state index >= 15 is 0 Å². The minimum absolute atomic E-state index is 0.0487. The second-order valence-corrected chi connectivity index (χ2v) is 18.3. The minimum atomic E-state index is -2.30. The molecule has 1 spiro atoms. The van der Waals surface area contributed by atoms with Crippen LogP contribution in [0.2, 0.25) is 18.1 Å². The van der Waals surface area contributed by atoms with Gasteiger partial charge in [0.15, 0.2) is 14.1 Å². The number of ether oxygens (including phenoxy) is 5. The summed E-state index contributed by atoms with van der Waals surface area (Å²) in [7, 11) is -0.634. The zero-order valence-electron chi connectivity index (χ0n) is 26.9. The lowest BCUT2D eigenvalue weighted by Crippen LogP contribution is -2.55. The van der Waals surface area contributed by atoms with Crippen LogP contribution in [0.5, 0.6) is 11.5 Å². The van der Waals surface area contributed by atoms with E-state index in [2.05, 4.69) is 53.9 Å². The number of phenols is 1. The van der Waals surface area contributed by atoms with E-state index < -0.39 is 32.3 Å². The highest BCUT2D eigenvalue weighted by atomic mass is 28.4. The Labute approximate surface area is 258 Å². The molecule has 5 atom stereocenters. The lowest BCUT2D eigenvalue weighted by Gasteiger charge is -2.44. The van der Waals surface area contributed by atoms with Crippen molar-refractivity contribution in [1.82, 2.24) is 0 Å². The molecule has 238 valence electrons. The monoisotopic (exact) mass is 614 g/mol. The van der Waals surface area contributed by atoms with Gasteiger partial charge in [-0.3, -0.25) is 0 Å². The molecule has 1 N–H and O–H groups in total. The zero-order chi connectivity index (χ0) is 31.6. The van der Waals surface area contributed by atoms with Gasteiger partial charge in [0.2, 0.25) is 0 Å². The number of carbonyl (C=O) groups is 1. The van der Waals surface area contributed by atoms with Crippen molar-refractivity contribution in [2.75, 3.05) is 13.7 Å². The van der Waals surface area contributed by atoms with E-state index in [0.717, 1.165) is 25.7 Å². The first kappa shape index (κ1) is 33.5. The van der Waals surface area contributed by atoms with Gasteiger partial charge >= 0.3 is 5.97 Å². The Bertz CT molecular complexity index is 1210. The maximum atomic E-state index is 13.0. The van der Waals surface area contributed by atoms with Crippen LogP contribution < -0.4 is 4.74 Å². The average molecular weight is 615 g/mol. The Balaban J connectivity index is 1.68. The maximum absolute atomic E-state index is 13.0. The van der Waals surface area contributed by atoms with Crippen molar-refractivity contribution in [3.63, 3.8) is 0 Å². The van der Waals surface area contributed by atoms with Crippen LogP contribution in [0.3, 0.4) is 0 Å². The summed E-state index contributed by atoms with van der Waals surface area (Å²) in [6.07, 6.45) is 9.14. The molecule has 0 amide bonds. The number of benzene rings is 1. The van der Waals surface area contributed by atoms with Crippen molar-refractivity contribution in [1.29, 1.82) is 0 Å². The van der Waals surface area contributed by atoms with Gasteiger partial charge in [-0.05, 0) is 55.6 Å². The SMILES string of the molecule is C=CCOc1cc(O)c2c(c1)C/C(=C/[C@H](C=C)[C@H](OC)[C@@H](O[Si](C)(C)C(C)(C)C)[C@H]1OC3(CCCCC3)O[C@@H]1C)OC2=O. The van der Waals surface area contributed by atoms with Crippen molar-refractivity contribution in [3.8, 4) is 11.5 Å². The van der Waals surface area contributed by atoms with Gasteiger partial charge in [0, 0.05) is 38.4 Å². The van der Waals surface area contributed by atoms with Crippen molar-refractivity contribution in [2.24, 2.45) is 5.92 Å². The van der Waals surface area contributed by atoms with Crippen molar-refractivity contribution in [2.45, 2.75) is 115 Å². The minimum Gasteiger partial charge on any atom is -0.507 e. The summed E-state index contributed by atoms with van der Waals surface area (Å²) in [5, 5.41) is 10.5. The Kier molecular flexibility index (Phi) is 10.3. The van der Waals surface area contributed by atoms with Crippen molar-refractivity contribution in [3.05, 3.63) is 60.4 Å². The number of hydrogen-bond donors (Lipinski definition) is 1. The summed E-state index contributed by atoms with van der Waals surface area (Å²) in [6, 6.07) is 3.17. The highest BCUT2D eigenvalue weighted by Crippen LogP contribution is 2.45. The summed E-state index contributed by atoms with van der Waals surface area (Å²) in [5.74, 6) is -0.873. The molecule has 0 aromatic heterocycles. The first-order chi connectivity index (χ1) is 20.2. The van der Waals surface area contributed by atoms with Crippen molar-refractivity contribution < 1.29 is 38.0 Å². The van der Waals surface area contributed by atoms with E-state index in [0.29, 0.717) is 17.1 Å². The normalized spacial score (nSPS) is 25.1. The number of methoxy groups -OCH3 is 1. The molecule has 1 aliphatic carbocycles. The predicted molar refractivity (Wildman–Crippen MR) is 169 cm³/mol. The molecule has 2 fully saturated rings. The Morgan fingerprint density at radius 3 is 2.47 bits per heavy atom. The molecule has 9 heteroatoms. The van der Waals surface area contributed by atoms with E-state index in [1.807, 2.05) is 6.08 Å². The number of allylic oxidation sites excluding steroid dienone is 1. The molecule has 4 rings (SSSR count). The van der Waals surface area contributed by atoms with Crippen LogP contribution in [0.25, 0.3) is 0 Å². The second-order valence-electron chi connectivity index (χ2n) is 13.5. The van der Waals surface area contributed by atoms with Gasteiger partial charge in [-0.1, -0.05) is 45.9 Å². The topological polar surface area (TPSA) is 92.7 Å². The molecule has 2 heterocycles. The molecular weight excluding hydrogens is 564 g/mol. The number of cyclic esters (lactones) is 1. The molecule has 1 saturated heterocycles. The molecule has 0 radical (unpaired) electrons. The van der Waals surface area contributed by atoms with E-state index in [1.165, 1.54) is 12.5 Å². The number of fused-ring (bicyclic) bond motifs is 1. The second kappa shape index (κ2) is 13.3. The number of phenolic OH excluding ortho intramolecular Hbond substituents is 1. The largest absolute Gasteiger partial charge is 0.507 e. The fourth-order valence-corrected chi connectivity index (χ4v) is 7.36. The average Bonchev–Trinajstić information content (AvgIpc) is 3.24. The van der Waals surface area contributed by atoms with Gasteiger partial charge in [-0.15, -0.1) is 6.58 Å². The van der Waals surface area contributed by atoms with Crippen LogP contribution >= 0.6 is 0 Å². The van der Waals surface area contributed by atoms with Crippen LogP contribution in [0.1, 0.15) is 75.7 Å². The molecule has 43 heavy (non-hydrogen) atoms. The molecule has 1 aromatic rings. The first-order valence-corrected chi connectivity index (χ1v) is 18.4. The Hall–Kier alpha value is -2.43. The van der Waals surface area contributed by atoms with Gasteiger partial charge < -0.3 is 33.2 Å². The third-order valence-corrected chi connectivity index (χ3v) is 13.8. The van der Waals surface area contributed by atoms with Crippen molar-refractivity contribution >= 4 is 14.3 Å². The van der Waals surface area contributed by atoms with Crippen LogP contribution in [0.4, 0.5) is 0 Å². The van der Waals surface area contributed by atoms with Crippen LogP contribution in [-0.4, -0.2) is 63.3 Å². The van der Waals surface area contributed by atoms with Gasteiger partial charge in [0.05, 0.1) is 12.2 Å². The molecule has 3 aliphatic rings. The lowest BCUT2D eigenvalue weighted by molar-refractivity contribution is -0.204. The third kappa shape index (κ3) is 7.28. The van der Waals surface area contributed by atoms with Gasteiger partial charge in [-0.25, -0.2) is 4.79 Å². The lowest BCUT2D eigenvalue weighted by atomic mass is 9.90. The van der Waals surface area contributed by atoms with Gasteiger partial charge in [-0.2, -0.15) is 0 Å². The molecular formula is C34H50O8Si. The first-order valence-electron chi connectivity index (χ1n) is 15.5. The summed E-state index contributed by atoms with van der Waals surface area (Å²) < 4.78 is 38.1. The van der Waals surface area contributed by atoms with Crippen LogP contribution in [-0.2, 0) is 29.8 Å². The maximum Gasteiger partial charge on any atom is 0.347 e. The highest BCUT2D eigenvalue weighted by Gasteiger charge is 2.53. The van der Waals surface area contributed by atoms with Gasteiger partial charge in [0.25, 0.3) is 0 Å². The number of hydrogen-bond acceptors (Lipinski definition) is 8. The fraction of sp³-hybridized carbons (Fsp3) is 0.618. The summed E-state index contributed by atoms with van der Waals surface area (Å²) in [4.78, 5) is 13.0. The predicted octanol–water partition coefficient (Wildman–Crippen LogP) is 7.23. The molecule has 1 aromatic carbocycles. The number of rotatable bonds is 11. The molecule has 0 unspecified atom stereocenters. The van der Waals surface area contributed by atoms with E-state index in [-0.39, 0.29) is 47.5 Å². The Morgan fingerprint density at radius 2 is 1.86 bits per heavy atom. The summed E-state index contributed by atoms with van der Waals surface area (Å²) in [6.45, 7) is 21.2. The number of aromatic hydroxyl groups is 1. The van der Waals surface area contributed by atoms with E-state index in [1.54, 1.807) is 25.3 Å². The summed E-state index contributed by atoms with van der Waals surface area (Å²) in [5.41, 5.74) is 0.761. The highest BCUT2D eigenvalue weighted by molar-refractivity contribution is 6.74. The molecule has 1 saturated carbocycles. The number of carbonyl (C=O) groups excluding carboxylic acids is 1. The summed E-state index contributed by atoms with van der Waals surface area (Å²) >= 11 is 0. The zero-order valence-corrected chi connectivity index (χ0v) is 27.9. The van der Waals surface area contributed by atoms with E-state index in [9.17, 15) is 9.90 Å².